The molecular formula is C25H26FN3O. The van der Waals surface area contributed by atoms with Crippen LogP contribution in [-0.4, -0.2) is 18.5 Å². The zero-order chi connectivity index (χ0) is 22.2. The Morgan fingerprint density at radius 1 is 1.23 bits per heavy atom. The number of allylic oxidation sites excluding steroid dienone is 1. The normalized spacial score (nSPS) is 15.2. The van der Waals surface area contributed by atoms with Crippen LogP contribution in [0.2, 0.25) is 0 Å². The maximum atomic E-state index is 14.9. The third-order valence-corrected chi connectivity index (χ3v) is 5.85. The lowest BCUT2D eigenvalue weighted by atomic mass is 9.88. The van der Waals surface area contributed by atoms with E-state index in [9.17, 15) is 14.4 Å². The molecule has 0 bridgehead atoms. The summed E-state index contributed by atoms with van der Waals surface area (Å²) >= 11 is 0. The number of nitriles is 1. The Morgan fingerprint density at radius 3 is 2.60 bits per heavy atom. The van der Waals surface area contributed by atoms with Crippen LogP contribution in [0.5, 0.6) is 0 Å². The fraction of sp³-hybridized carbons (Fsp3) is 0.280. The SMILES string of the molecule is CC1=CC(C)(C)N(C)c2cc(F)c(/C=C(\C#N)C(=O)Nc3cccc(C)c3C)cc21. The third kappa shape index (κ3) is 3.86. The van der Waals surface area contributed by atoms with E-state index in [1.165, 1.54) is 12.1 Å². The van der Waals surface area contributed by atoms with Gasteiger partial charge in [0.15, 0.2) is 0 Å². The molecule has 0 atom stereocenters. The quantitative estimate of drug-likeness (QED) is 0.534. The number of rotatable bonds is 3. The molecule has 1 amide bonds. The van der Waals surface area contributed by atoms with E-state index in [-0.39, 0.29) is 16.7 Å². The summed E-state index contributed by atoms with van der Waals surface area (Å²) in [6, 6.07) is 10.6. The monoisotopic (exact) mass is 403 g/mol. The predicted octanol–water partition coefficient (Wildman–Crippen LogP) is 5.62. The number of likely N-dealkylation sites (N-methyl/N-ethyl adjacent to an activating group) is 1. The van der Waals surface area contributed by atoms with Gasteiger partial charge in [0.1, 0.15) is 17.5 Å². The van der Waals surface area contributed by atoms with Gasteiger partial charge >= 0.3 is 0 Å². The number of nitrogens with zero attached hydrogens (tertiary/aromatic N) is 2. The van der Waals surface area contributed by atoms with Crippen molar-refractivity contribution in [3.05, 3.63) is 70.1 Å². The number of amides is 1. The third-order valence-electron chi connectivity index (χ3n) is 5.85. The average molecular weight is 404 g/mol. The summed E-state index contributed by atoms with van der Waals surface area (Å²) < 4.78 is 14.9. The van der Waals surface area contributed by atoms with Crippen LogP contribution in [-0.2, 0) is 4.79 Å². The molecule has 0 unspecified atom stereocenters. The molecule has 1 N–H and O–H groups in total. The first kappa shape index (κ1) is 21.3. The molecule has 0 aromatic heterocycles. The molecular weight excluding hydrogens is 377 g/mol. The molecule has 2 aromatic rings. The van der Waals surface area contributed by atoms with Crippen molar-refractivity contribution in [1.82, 2.24) is 0 Å². The van der Waals surface area contributed by atoms with Gasteiger partial charge in [0.25, 0.3) is 5.91 Å². The Hall–Kier alpha value is -3.39. The number of carbonyl (C=O) groups excluding carboxylic acids is 1. The summed E-state index contributed by atoms with van der Waals surface area (Å²) in [6.07, 6.45) is 3.43. The number of fused-ring (bicyclic) bond motifs is 1. The van der Waals surface area contributed by atoms with E-state index >= 15 is 0 Å². The maximum absolute atomic E-state index is 14.9. The molecule has 1 aliphatic heterocycles. The van der Waals surface area contributed by atoms with Gasteiger partial charge in [-0.2, -0.15) is 5.26 Å². The van der Waals surface area contributed by atoms with E-state index in [0.717, 1.165) is 28.0 Å². The van der Waals surface area contributed by atoms with Gasteiger partial charge in [0.05, 0.1) is 5.54 Å². The van der Waals surface area contributed by atoms with Gasteiger partial charge in [0, 0.05) is 29.5 Å². The van der Waals surface area contributed by atoms with Crippen molar-refractivity contribution in [3.8, 4) is 6.07 Å². The first-order valence-corrected chi connectivity index (χ1v) is 9.81. The lowest BCUT2D eigenvalue weighted by Gasteiger charge is -2.40. The van der Waals surface area contributed by atoms with Crippen LogP contribution in [0.1, 0.15) is 43.0 Å². The summed E-state index contributed by atoms with van der Waals surface area (Å²) in [7, 11) is 1.93. The Morgan fingerprint density at radius 2 is 1.93 bits per heavy atom. The average Bonchev–Trinajstić information content (AvgIpc) is 2.68. The van der Waals surface area contributed by atoms with E-state index in [4.69, 9.17) is 0 Å². The van der Waals surface area contributed by atoms with E-state index in [0.29, 0.717) is 5.69 Å². The number of carbonyl (C=O) groups is 1. The smallest absolute Gasteiger partial charge is 0.266 e. The number of anilines is 2. The number of halogens is 1. The Labute approximate surface area is 177 Å². The molecule has 4 nitrogen and oxygen atoms in total. The topological polar surface area (TPSA) is 56.1 Å². The molecule has 30 heavy (non-hydrogen) atoms. The summed E-state index contributed by atoms with van der Waals surface area (Å²) in [5.74, 6) is -1.03. The van der Waals surface area contributed by atoms with Crippen molar-refractivity contribution in [2.45, 2.75) is 40.2 Å². The highest BCUT2D eigenvalue weighted by atomic mass is 19.1. The lowest BCUT2D eigenvalue weighted by molar-refractivity contribution is -0.112. The van der Waals surface area contributed by atoms with Crippen molar-refractivity contribution in [2.24, 2.45) is 0 Å². The minimum atomic E-state index is -0.561. The molecule has 1 aliphatic rings. The van der Waals surface area contributed by atoms with E-state index < -0.39 is 11.7 Å². The lowest BCUT2D eigenvalue weighted by Crippen LogP contribution is -2.42. The fourth-order valence-electron chi connectivity index (χ4n) is 3.68. The van der Waals surface area contributed by atoms with Crippen LogP contribution in [0.4, 0.5) is 15.8 Å². The summed E-state index contributed by atoms with van der Waals surface area (Å²) in [5.41, 5.74) is 5.12. The van der Waals surface area contributed by atoms with Crippen molar-refractivity contribution in [2.75, 3.05) is 17.3 Å². The van der Waals surface area contributed by atoms with Crippen molar-refractivity contribution in [1.29, 1.82) is 5.26 Å². The fourth-order valence-corrected chi connectivity index (χ4v) is 3.68. The number of benzene rings is 2. The number of aryl methyl sites for hydroxylation is 1. The first-order chi connectivity index (χ1) is 14.0. The van der Waals surface area contributed by atoms with E-state index in [1.807, 2.05) is 50.9 Å². The molecule has 0 spiro atoms. The van der Waals surface area contributed by atoms with Gasteiger partial charge < -0.3 is 10.2 Å². The van der Waals surface area contributed by atoms with Crippen LogP contribution >= 0.6 is 0 Å². The largest absolute Gasteiger partial charge is 0.365 e. The number of nitrogens with one attached hydrogen (secondary N) is 1. The zero-order valence-corrected chi connectivity index (χ0v) is 18.2. The van der Waals surface area contributed by atoms with E-state index in [2.05, 4.69) is 25.2 Å². The van der Waals surface area contributed by atoms with Crippen molar-refractivity contribution < 1.29 is 9.18 Å². The van der Waals surface area contributed by atoms with Crippen LogP contribution in [0, 0.1) is 31.0 Å². The number of hydrogen-bond donors (Lipinski definition) is 1. The van der Waals surface area contributed by atoms with Crippen LogP contribution in [0.3, 0.4) is 0 Å². The zero-order valence-electron chi connectivity index (χ0n) is 18.2. The molecule has 0 saturated heterocycles. The molecule has 0 fully saturated rings. The van der Waals surface area contributed by atoms with Gasteiger partial charge in [-0.3, -0.25) is 4.79 Å². The van der Waals surface area contributed by atoms with Gasteiger partial charge in [-0.1, -0.05) is 18.2 Å². The minimum Gasteiger partial charge on any atom is -0.365 e. The first-order valence-electron chi connectivity index (χ1n) is 9.81. The minimum absolute atomic E-state index is 0.152. The Kier molecular flexibility index (Phi) is 5.54. The van der Waals surface area contributed by atoms with Gasteiger partial charge in [-0.25, -0.2) is 4.39 Å². The molecule has 0 aliphatic carbocycles. The standard InChI is InChI=1S/C25H26FN3O/c1-15-8-7-9-22(17(15)3)28-24(30)19(14-27)10-18-11-20-16(2)13-25(4,5)29(6)23(20)12-21(18)26/h7-13H,1-6H3,(H,28,30)/b19-10+. The second-order valence-corrected chi connectivity index (χ2v) is 8.30. The molecule has 0 saturated carbocycles. The van der Waals surface area contributed by atoms with Crippen molar-refractivity contribution in [3.63, 3.8) is 0 Å². The van der Waals surface area contributed by atoms with Crippen LogP contribution < -0.4 is 10.2 Å². The summed E-state index contributed by atoms with van der Waals surface area (Å²) in [4.78, 5) is 14.7. The molecule has 1 heterocycles. The van der Waals surface area contributed by atoms with Gasteiger partial charge in [-0.05, 0) is 75.6 Å². The molecule has 0 radical (unpaired) electrons. The second kappa shape index (κ2) is 7.79. The molecule has 3 rings (SSSR count). The second-order valence-electron chi connectivity index (χ2n) is 8.30. The van der Waals surface area contributed by atoms with Crippen LogP contribution in [0.25, 0.3) is 11.6 Å². The number of hydrogen-bond acceptors (Lipinski definition) is 3. The van der Waals surface area contributed by atoms with Crippen molar-refractivity contribution >= 4 is 28.9 Å². The highest BCUT2D eigenvalue weighted by Gasteiger charge is 2.29. The molecule has 2 aromatic carbocycles. The summed E-state index contributed by atoms with van der Waals surface area (Å²) in [5, 5.41) is 12.3. The Bertz CT molecular complexity index is 1140. The highest BCUT2D eigenvalue weighted by molar-refractivity contribution is 6.10. The molecule has 5 heteroatoms. The predicted molar refractivity (Wildman–Crippen MR) is 121 cm³/mol. The Balaban J connectivity index is 1.99. The van der Waals surface area contributed by atoms with E-state index in [1.54, 1.807) is 12.1 Å². The maximum Gasteiger partial charge on any atom is 0.266 e. The van der Waals surface area contributed by atoms with Crippen LogP contribution in [0.15, 0.2) is 42.0 Å². The van der Waals surface area contributed by atoms with Gasteiger partial charge in [-0.15, -0.1) is 0 Å². The van der Waals surface area contributed by atoms with Gasteiger partial charge in [0.2, 0.25) is 0 Å². The molecule has 154 valence electrons. The highest BCUT2D eigenvalue weighted by Crippen LogP contribution is 2.39. The summed E-state index contributed by atoms with van der Waals surface area (Å²) in [6.45, 7) is 9.96.